The van der Waals surface area contributed by atoms with E-state index in [-0.39, 0.29) is 5.40 Å². The average Bonchev–Trinajstić information content (AvgIpc) is 2.84. The third-order valence-electron chi connectivity index (χ3n) is 5.43. The molecule has 0 aromatic heterocycles. The maximum atomic E-state index is 15.2. The summed E-state index contributed by atoms with van der Waals surface area (Å²) in [6.07, 6.45) is 0.844. The van der Waals surface area contributed by atoms with Crippen molar-refractivity contribution in [3.05, 3.63) is 121 Å². The van der Waals surface area contributed by atoms with E-state index in [1.54, 1.807) is 0 Å². The third kappa shape index (κ3) is 4.06. The minimum atomic E-state index is -2.89. The summed E-state index contributed by atoms with van der Waals surface area (Å²) < 4.78 is 15.2. The molecule has 150 valence electrons. The summed E-state index contributed by atoms with van der Waals surface area (Å²) in [5.41, 5.74) is 0. The Morgan fingerprint density at radius 1 is 0.600 bits per heavy atom. The Hall–Kier alpha value is -2.46. The lowest BCUT2D eigenvalue weighted by molar-refractivity contribution is 0.584. The lowest BCUT2D eigenvalue weighted by Gasteiger charge is -2.35. The van der Waals surface area contributed by atoms with Crippen LogP contribution in [0.5, 0.6) is 0 Å². The Labute approximate surface area is 180 Å². The van der Waals surface area contributed by atoms with Gasteiger partial charge >= 0.3 is 0 Å². The molecule has 0 aliphatic rings. The van der Waals surface area contributed by atoms with Gasteiger partial charge in [-0.25, -0.2) is 0 Å². The van der Waals surface area contributed by atoms with E-state index in [0.717, 1.165) is 17.0 Å². The van der Waals surface area contributed by atoms with Gasteiger partial charge in [0.2, 0.25) is 0 Å². The lowest BCUT2D eigenvalue weighted by Crippen LogP contribution is -2.30. The fraction of sp³-hybridized carbons (Fsp3) is 0.111. The van der Waals surface area contributed by atoms with Gasteiger partial charge in [-0.1, -0.05) is 128 Å². The van der Waals surface area contributed by atoms with Crippen LogP contribution in [0.25, 0.3) is 0 Å². The zero-order valence-corrected chi connectivity index (χ0v) is 18.9. The monoisotopic (exact) mass is 428 g/mol. The van der Waals surface area contributed by atoms with Crippen LogP contribution in [0.4, 0.5) is 0 Å². The van der Waals surface area contributed by atoms with Gasteiger partial charge in [-0.2, -0.15) is 0 Å². The van der Waals surface area contributed by atoms with Crippen molar-refractivity contribution in [2.24, 2.45) is 0 Å². The highest BCUT2D eigenvalue weighted by Gasteiger charge is 2.41. The summed E-state index contributed by atoms with van der Waals surface area (Å²) in [4.78, 5) is 0. The van der Waals surface area contributed by atoms with Gasteiger partial charge in [0, 0.05) is 16.0 Å². The summed E-state index contributed by atoms with van der Waals surface area (Å²) in [6.45, 7) is 2.18. The van der Waals surface area contributed by atoms with E-state index < -0.39 is 15.1 Å². The summed E-state index contributed by atoms with van der Waals surface area (Å²) in [6, 6.07) is 41.4. The molecule has 1 atom stereocenters. The topological polar surface area (TPSA) is 17.1 Å². The molecule has 4 aromatic carbocycles. The molecule has 4 aromatic rings. The van der Waals surface area contributed by atoms with Crippen LogP contribution >= 0.6 is 15.1 Å². The van der Waals surface area contributed by atoms with Crippen LogP contribution in [0.1, 0.15) is 13.3 Å². The van der Waals surface area contributed by atoms with Crippen molar-refractivity contribution in [1.29, 1.82) is 0 Å². The Balaban J connectivity index is 1.96. The maximum absolute atomic E-state index is 15.2. The van der Waals surface area contributed by atoms with Crippen molar-refractivity contribution in [1.82, 2.24) is 0 Å². The molecule has 1 nitrogen and oxygen atoms in total. The van der Waals surface area contributed by atoms with Crippen molar-refractivity contribution in [3.8, 4) is 0 Å². The van der Waals surface area contributed by atoms with Crippen LogP contribution in [-0.4, -0.2) is 5.40 Å². The zero-order chi connectivity index (χ0) is 20.8. The lowest BCUT2D eigenvalue weighted by atomic mass is 10.4. The van der Waals surface area contributed by atoms with Gasteiger partial charge in [0.25, 0.3) is 0 Å². The molecule has 0 fully saturated rings. The highest BCUT2D eigenvalue weighted by Crippen LogP contribution is 2.62. The summed E-state index contributed by atoms with van der Waals surface area (Å²) >= 11 is 0. The van der Waals surface area contributed by atoms with E-state index in [0.29, 0.717) is 0 Å². The predicted octanol–water partition coefficient (Wildman–Crippen LogP) is 5.87. The van der Waals surface area contributed by atoms with E-state index in [1.807, 2.05) is 60.7 Å². The highest BCUT2D eigenvalue weighted by atomic mass is 31.2. The van der Waals surface area contributed by atoms with Gasteiger partial charge in [-0.15, -0.1) is 0 Å². The quantitative estimate of drug-likeness (QED) is 0.337. The normalized spacial score (nSPS) is 12.6. The molecule has 0 radical (unpaired) electrons. The average molecular weight is 428 g/mol. The first-order valence-corrected chi connectivity index (χ1v) is 13.5. The minimum Gasteiger partial charge on any atom is -0.313 e. The second kappa shape index (κ2) is 9.57. The molecular weight excluding hydrogens is 402 g/mol. The van der Waals surface area contributed by atoms with Gasteiger partial charge in [-0.05, 0) is 25.0 Å². The van der Waals surface area contributed by atoms with Gasteiger partial charge in [-0.3, -0.25) is 0 Å². The van der Waals surface area contributed by atoms with E-state index in [4.69, 9.17) is 0 Å². The Morgan fingerprint density at radius 2 is 0.933 bits per heavy atom. The van der Waals surface area contributed by atoms with Gasteiger partial charge < -0.3 is 4.57 Å². The molecule has 4 rings (SSSR count). The van der Waals surface area contributed by atoms with Crippen molar-refractivity contribution in [2.75, 3.05) is 0 Å². The molecule has 0 N–H and O–H groups in total. The fourth-order valence-electron chi connectivity index (χ4n) is 4.06. The first-order valence-electron chi connectivity index (χ1n) is 10.4. The van der Waals surface area contributed by atoms with Crippen molar-refractivity contribution < 1.29 is 4.57 Å². The molecule has 1 unspecified atom stereocenters. The van der Waals surface area contributed by atoms with E-state index in [9.17, 15) is 0 Å². The smallest absolute Gasteiger partial charge is 0.150 e. The highest BCUT2D eigenvalue weighted by molar-refractivity contribution is 7.92. The van der Waals surface area contributed by atoms with Crippen LogP contribution in [0.3, 0.4) is 0 Å². The molecule has 0 saturated heterocycles. The first kappa shape index (κ1) is 20.8. The summed E-state index contributed by atoms with van der Waals surface area (Å²) in [7, 11) is -3.71. The van der Waals surface area contributed by atoms with Gasteiger partial charge in [0.1, 0.15) is 0 Å². The van der Waals surface area contributed by atoms with Gasteiger partial charge in [0.15, 0.2) is 7.14 Å². The molecule has 30 heavy (non-hydrogen) atoms. The zero-order valence-electron chi connectivity index (χ0n) is 17.1. The van der Waals surface area contributed by atoms with Crippen LogP contribution in [0, 0.1) is 0 Å². The molecule has 0 spiro atoms. The van der Waals surface area contributed by atoms with E-state index in [1.165, 1.54) is 10.6 Å². The fourth-order valence-corrected chi connectivity index (χ4v) is 12.0. The molecule has 0 amide bonds. The largest absolute Gasteiger partial charge is 0.313 e. The standard InChI is InChI=1S/C27H26OP2/c1-2-27(29(23-15-7-3-8-16-23)24-17-9-4-10-18-24)30(28,25-19-11-5-12-20-25)26-21-13-6-14-22-26/h3-22,27H,2H2,1H3. The van der Waals surface area contributed by atoms with Crippen molar-refractivity contribution in [3.63, 3.8) is 0 Å². The SMILES string of the molecule is CCC(P(c1ccccc1)c1ccccc1)P(=O)(c1ccccc1)c1ccccc1. The number of rotatable bonds is 7. The van der Waals surface area contributed by atoms with Crippen LogP contribution in [0.2, 0.25) is 0 Å². The molecule has 0 heterocycles. The molecule has 0 bridgehead atoms. The predicted molar refractivity (Wildman–Crippen MR) is 133 cm³/mol. The van der Waals surface area contributed by atoms with Crippen molar-refractivity contribution in [2.45, 2.75) is 18.7 Å². The van der Waals surface area contributed by atoms with Gasteiger partial charge in [0.05, 0.1) is 0 Å². The summed E-state index contributed by atoms with van der Waals surface area (Å²) in [5, 5.41) is 4.46. The molecule has 0 aliphatic carbocycles. The number of hydrogen-bond acceptors (Lipinski definition) is 1. The Morgan fingerprint density at radius 3 is 1.27 bits per heavy atom. The molecule has 0 saturated carbocycles. The van der Waals surface area contributed by atoms with E-state index >= 15 is 4.57 Å². The maximum Gasteiger partial charge on any atom is 0.150 e. The Bertz CT molecular complexity index is 1010. The number of hydrogen-bond donors (Lipinski definition) is 0. The molecule has 3 heteroatoms. The minimum absolute atomic E-state index is 0.0158. The van der Waals surface area contributed by atoms with Crippen LogP contribution in [0.15, 0.2) is 121 Å². The molecule has 0 aliphatic heterocycles. The van der Waals surface area contributed by atoms with E-state index in [2.05, 4.69) is 67.6 Å². The van der Waals surface area contributed by atoms with Crippen LogP contribution < -0.4 is 21.2 Å². The second-order valence-corrected chi connectivity index (χ2v) is 13.0. The third-order valence-corrected chi connectivity index (χ3v) is 13.1. The second-order valence-electron chi connectivity index (χ2n) is 7.26. The van der Waals surface area contributed by atoms with Crippen molar-refractivity contribution >= 4 is 36.3 Å². The Kier molecular flexibility index (Phi) is 6.63. The molecular formula is C27H26OP2. The number of benzene rings is 4. The van der Waals surface area contributed by atoms with Crippen LogP contribution in [-0.2, 0) is 4.57 Å². The summed E-state index contributed by atoms with van der Waals surface area (Å²) in [5.74, 6) is 0. The first-order chi connectivity index (χ1) is 14.7.